The van der Waals surface area contributed by atoms with Crippen LogP contribution in [0.3, 0.4) is 0 Å². The van der Waals surface area contributed by atoms with Gasteiger partial charge in [-0.3, -0.25) is 0 Å². The number of benzene rings is 1. The average Bonchev–Trinajstić information content (AvgIpc) is 3.01. The molecule has 1 aliphatic carbocycles. The van der Waals surface area contributed by atoms with Crippen LogP contribution in [0.4, 0.5) is 10.5 Å². The SMILES string of the molecule is COc1cc(N2CCN(C(=O)NC3CCCCCC3)CC2)cc(OC)c1OC. The summed E-state index contributed by atoms with van der Waals surface area (Å²) in [7, 11) is 4.85. The van der Waals surface area contributed by atoms with Crippen LogP contribution < -0.4 is 24.4 Å². The fourth-order valence-electron chi connectivity index (χ4n) is 4.11. The number of rotatable bonds is 5. The molecule has 7 heteroatoms. The molecule has 1 heterocycles. The molecule has 2 fully saturated rings. The highest BCUT2D eigenvalue weighted by Gasteiger charge is 2.25. The molecular formula is C21H33N3O4. The largest absolute Gasteiger partial charge is 0.493 e. The Morgan fingerprint density at radius 3 is 1.96 bits per heavy atom. The Kier molecular flexibility index (Phi) is 7.12. The molecule has 0 bridgehead atoms. The third-order valence-corrected chi connectivity index (χ3v) is 5.76. The number of carbonyl (C=O) groups is 1. The number of anilines is 1. The molecular weight excluding hydrogens is 358 g/mol. The first-order valence-corrected chi connectivity index (χ1v) is 10.3. The molecule has 3 rings (SSSR count). The van der Waals surface area contributed by atoms with E-state index in [-0.39, 0.29) is 6.03 Å². The van der Waals surface area contributed by atoms with Crippen molar-refractivity contribution in [1.29, 1.82) is 0 Å². The van der Waals surface area contributed by atoms with Crippen molar-refractivity contribution in [1.82, 2.24) is 10.2 Å². The highest BCUT2D eigenvalue weighted by Crippen LogP contribution is 2.41. The van der Waals surface area contributed by atoms with E-state index in [1.807, 2.05) is 17.0 Å². The lowest BCUT2D eigenvalue weighted by Crippen LogP contribution is -2.53. The summed E-state index contributed by atoms with van der Waals surface area (Å²) in [5, 5.41) is 3.25. The van der Waals surface area contributed by atoms with Gasteiger partial charge in [0.1, 0.15) is 0 Å². The van der Waals surface area contributed by atoms with Crippen molar-refractivity contribution in [2.24, 2.45) is 0 Å². The maximum atomic E-state index is 12.6. The minimum atomic E-state index is 0.0800. The van der Waals surface area contributed by atoms with Crippen LogP contribution in [-0.4, -0.2) is 64.5 Å². The number of carbonyl (C=O) groups excluding carboxylic acids is 1. The average molecular weight is 392 g/mol. The predicted octanol–water partition coefficient (Wildman–Crippen LogP) is 3.27. The monoisotopic (exact) mass is 391 g/mol. The lowest BCUT2D eigenvalue weighted by molar-refractivity contribution is 0.189. The van der Waals surface area contributed by atoms with Crippen LogP contribution >= 0.6 is 0 Å². The van der Waals surface area contributed by atoms with E-state index in [9.17, 15) is 4.79 Å². The molecule has 2 aliphatic rings. The molecule has 1 aromatic rings. The summed E-state index contributed by atoms with van der Waals surface area (Å²) in [6, 6.07) is 4.34. The molecule has 156 valence electrons. The van der Waals surface area contributed by atoms with Gasteiger partial charge in [-0.1, -0.05) is 25.7 Å². The van der Waals surface area contributed by atoms with Gasteiger partial charge in [0.05, 0.1) is 21.3 Å². The van der Waals surface area contributed by atoms with Crippen molar-refractivity contribution < 1.29 is 19.0 Å². The topological polar surface area (TPSA) is 63.3 Å². The van der Waals surface area contributed by atoms with Crippen LogP contribution in [0, 0.1) is 0 Å². The number of hydrogen-bond donors (Lipinski definition) is 1. The molecule has 1 aliphatic heterocycles. The second-order valence-corrected chi connectivity index (χ2v) is 7.50. The summed E-state index contributed by atoms with van der Waals surface area (Å²) < 4.78 is 16.3. The summed E-state index contributed by atoms with van der Waals surface area (Å²) in [6.07, 6.45) is 7.24. The van der Waals surface area contributed by atoms with Crippen molar-refractivity contribution in [3.05, 3.63) is 12.1 Å². The zero-order valence-corrected chi connectivity index (χ0v) is 17.3. The van der Waals surface area contributed by atoms with Gasteiger partial charge in [-0.2, -0.15) is 0 Å². The first-order chi connectivity index (χ1) is 13.7. The molecule has 1 saturated heterocycles. The molecule has 0 radical (unpaired) electrons. The highest BCUT2D eigenvalue weighted by atomic mass is 16.5. The number of amides is 2. The molecule has 1 aromatic carbocycles. The quantitative estimate of drug-likeness (QED) is 0.781. The molecule has 2 amide bonds. The number of piperazine rings is 1. The Morgan fingerprint density at radius 1 is 0.893 bits per heavy atom. The predicted molar refractivity (Wildman–Crippen MR) is 110 cm³/mol. The Bertz CT molecular complexity index is 626. The molecule has 28 heavy (non-hydrogen) atoms. The number of nitrogens with zero attached hydrogens (tertiary/aromatic N) is 2. The Hall–Kier alpha value is -2.31. The number of hydrogen-bond acceptors (Lipinski definition) is 5. The van der Waals surface area contributed by atoms with E-state index in [4.69, 9.17) is 14.2 Å². The summed E-state index contributed by atoms with van der Waals surface area (Å²) in [4.78, 5) is 16.8. The van der Waals surface area contributed by atoms with Crippen LogP contribution in [0.1, 0.15) is 38.5 Å². The van der Waals surface area contributed by atoms with E-state index in [1.54, 1.807) is 21.3 Å². The summed E-state index contributed by atoms with van der Waals surface area (Å²) in [6.45, 7) is 2.96. The van der Waals surface area contributed by atoms with E-state index >= 15 is 0 Å². The highest BCUT2D eigenvalue weighted by molar-refractivity contribution is 5.75. The van der Waals surface area contributed by atoms with Gasteiger partial charge < -0.3 is 29.3 Å². The summed E-state index contributed by atoms with van der Waals surface area (Å²) in [5.41, 5.74) is 1.01. The van der Waals surface area contributed by atoms with Crippen LogP contribution in [0.15, 0.2) is 12.1 Å². The normalized spacial score (nSPS) is 18.4. The molecule has 0 aromatic heterocycles. The minimum absolute atomic E-state index is 0.0800. The van der Waals surface area contributed by atoms with Gasteiger partial charge in [-0.25, -0.2) is 4.79 Å². The van der Waals surface area contributed by atoms with E-state index in [1.165, 1.54) is 25.7 Å². The van der Waals surface area contributed by atoms with Gasteiger partial charge in [0, 0.05) is 50.0 Å². The van der Waals surface area contributed by atoms with Crippen LogP contribution in [0.2, 0.25) is 0 Å². The molecule has 0 atom stereocenters. The molecule has 1 saturated carbocycles. The number of nitrogens with one attached hydrogen (secondary N) is 1. The maximum Gasteiger partial charge on any atom is 0.317 e. The summed E-state index contributed by atoms with van der Waals surface area (Å²) >= 11 is 0. The van der Waals surface area contributed by atoms with Crippen molar-refractivity contribution in [3.63, 3.8) is 0 Å². The van der Waals surface area contributed by atoms with Gasteiger partial charge in [-0.15, -0.1) is 0 Å². The van der Waals surface area contributed by atoms with E-state index in [0.717, 1.165) is 31.6 Å². The minimum Gasteiger partial charge on any atom is -0.493 e. The van der Waals surface area contributed by atoms with Gasteiger partial charge in [0.2, 0.25) is 5.75 Å². The Morgan fingerprint density at radius 2 is 1.46 bits per heavy atom. The van der Waals surface area contributed by atoms with Crippen LogP contribution in [-0.2, 0) is 0 Å². The Balaban J connectivity index is 1.59. The third kappa shape index (κ3) is 4.75. The summed E-state index contributed by atoms with van der Waals surface area (Å²) in [5.74, 6) is 1.88. The number of methoxy groups -OCH3 is 3. The van der Waals surface area contributed by atoms with Crippen molar-refractivity contribution in [3.8, 4) is 17.2 Å². The second kappa shape index (κ2) is 9.75. The third-order valence-electron chi connectivity index (χ3n) is 5.76. The number of urea groups is 1. The maximum absolute atomic E-state index is 12.6. The van der Waals surface area contributed by atoms with E-state index in [0.29, 0.717) is 36.4 Å². The second-order valence-electron chi connectivity index (χ2n) is 7.50. The van der Waals surface area contributed by atoms with Gasteiger partial charge >= 0.3 is 6.03 Å². The van der Waals surface area contributed by atoms with E-state index in [2.05, 4.69) is 10.2 Å². The molecule has 1 N–H and O–H groups in total. The fourth-order valence-corrected chi connectivity index (χ4v) is 4.11. The number of ether oxygens (including phenoxy) is 3. The Labute approximate surface area is 167 Å². The lowest BCUT2D eigenvalue weighted by Gasteiger charge is -2.37. The van der Waals surface area contributed by atoms with Gasteiger partial charge in [0.15, 0.2) is 11.5 Å². The van der Waals surface area contributed by atoms with Crippen LogP contribution in [0.5, 0.6) is 17.2 Å². The van der Waals surface area contributed by atoms with Crippen molar-refractivity contribution in [2.75, 3.05) is 52.4 Å². The molecule has 0 spiro atoms. The van der Waals surface area contributed by atoms with Gasteiger partial charge in [-0.05, 0) is 12.8 Å². The zero-order chi connectivity index (χ0) is 19.9. The zero-order valence-electron chi connectivity index (χ0n) is 17.3. The van der Waals surface area contributed by atoms with Gasteiger partial charge in [0.25, 0.3) is 0 Å². The smallest absolute Gasteiger partial charge is 0.317 e. The fraction of sp³-hybridized carbons (Fsp3) is 0.667. The lowest BCUT2D eigenvalue weighted by atomic mass is 10.1. The standard InChI is InChI=1S/C21H33N3O4/c1-26-18-14-17(15-19(27-2)20(18)28-3)23-10-12-24(13-11-23)21(25)22-16-8-6-4-5-7-9-16/h14-16H,4-13H2,1-3H3,(H,22,25). The van der Waals surface area contributed by atoms with Crippen LogP contribution in [0.25, 0.3) is 0 Å². The molecule has 0 unspecified atom stereocenters. The van der Waals surface area contributed by atoms with Crippen molar-refractivity contribution >= 4 is 11.7 Å². The van der Waals surface area contributed by atoms with E-state index < -0.39 is 0 Å². The van der Waals surface area contributed by atoms with Crippen molar-refractivity contribution in [2.45, 2.75) is 44.6 Å². The first kappa shape index (κ1) is 20.4. The molecule has 7 nitrogen and oxygen atoms in total. The first-order valence-electron chi connectivity index (χ1n) is 10.3.